The summed E-state index contributed by atoms with van der Waals surface area (Å²) < 4.78 is 0. The third-order valence-electron chi connectivity index (χ3n) is 4.24. The Labute approximate surface area is 115 Å². The molecule has 20 heavy (non-hydrogen) atoms. The van der Waals surface area contributed by atoms with Gasteiger partial charge in [-0.2, -0.15) is 5.10 Å². The van der Waals surface area contributed by atoms with Gasteiger partial charge in [-0.3, -0.25) is 20.0 Å². The number of hydrogen-bond acceptors (Lipinski definition) is 4. The van der Waals surface area contributed by atoms with Gasteiger partial charge in [-0.25, -0.2) is 9.69 Å². The van der Waals surface area contributed by atoms with Crippen LogP contribution in [0.5, 0.6) is 0 Å². The summed E-state index contributed by atoms with van der Waals surface area (Å²) >= 11 is 0. The summed E-state index contributed by atoms with van der Waals surface area (Å²) in [6.45, 7) is 3.46. The van der Waals surface area contributed by atoms with E-state index in [4.69, 9.17) is 0 Å². The monoisotopic (exact) mass is 276 g/mol. The van der Waals surface area contributed by atoms with Crippen LogP contribution in [0.2, 0.25) is 0 Å². The predicted octanol–water partition coefficient (Wildman–Crippen LogP) is 1.17. The van der Waals surface area contributed by atoms with Crippen LogP contribution in [0, 0.1) is 19.3 Å². The molecule has 0 atom stereocenters. The molecule has 1 saturated carbocycles. The number of imide groups is 2. The number of barbiturate groups is 1. The summed E-state index contributed by atoms with van der Waals surface area (Å²) in [6.07, 6.45) is 2.64. The Kier molecular flexibility index (Phi) is 2.67. The summed E-state index contributed by atoms with van der Waals surface area (Å²) in [5, 5.41) is 9.09. The molecular formula is C13H16N4O3. The van der Waals surface area contributed by atoms with Crippen molar-refractivity contribution < 1.29 is 14.4 Å². The lowest BCUT2D eigenvalue weighted by Crippen LogP contribution is -2.63. The largest absolute Gasteiger partial charge is 0.335 e. The third kappa shape index (κ3) is 1.52. The number of hydrogen-bond donors (Lipinski definition) is 2. The molecule has 2 heterocycles. The molecule has 1 saturated heterocycles. The van der Waals surface area contributed by atoms with Crippen LogP contribution in [0.25, 0.3) is 0 Å². The van der Waals surface area contributed by atoms with Gasteiger partial charge in [-0.1, -0.05) is 12.8 Å². The van der Waals surface area contributed by atoms with Gasteiger partial charge in [0.25, 0.3) is 5.91 Å². The average molecular weight is 276 g/mol. The van der Waals surface area contributed by atoms with Crippen molar-refractivity contribution in [1.29, 1.82) is 0 Å². The minimum absolute atomic E-state index is 0.420. The van der Waals surface area contributed by atoms with Crippen molar-refractivity contribution in [3.05, 3.63) is 11.4 Å². The highest BCUT2D eigenvalue weighted by molar-refractivity contribution is 6.30. The molecule has 2 N–H and O–H groups in total. The highest BCUT2D eigenvalue weighted by Crippen LogP contribution is 2.43. The first-order valence-corrected chi connectivity index (χ1v) is 6.69. The Bertz CT molecular complexity index is 594. The molecule has 2 aliphatic rings. The van der Waals surface area contributed by atoms with Crippen LogP contribution in [0.4, 0.5) is 10.5 Å². The Hall–Kier alpha value is -2.18. The topological polar surface area (TPSA) is 95.2 Å². The standard InChI is InChI=1S/C13H16N4O3/c1-7-9(8(2)16-15-7)17-11(19)13(5-3-4-6-13)10(18)14-12(17)20/h3-6H2,1-2H3,(H,15,16)(H,14,18,20). The molecule has 1 aromatic heterocycles. The van der Waals surface area contributed by atoms with Crippen LogP contribution in [-0.2, 0) is 9.59 Å². The molecule has 7 heteroatoms. The Balaban J connectivity index is 2.09. The van der Waals surface area contributed by atoms with Crippen molar-refractivity contribution in [2.24, 2.45) is 5.41 Å². The van der Waals surface area contributed by atoms with E-state index in [1.54, 1.807) is 13.8 Å². The van der Waals surface area contributed by atoms with E-state index in [-0.39, 0.29) is 0 Å². The van der Waals surface area contributed by atoms with E-state index < -0.39 is 23.3 Å². The number of carbonyl (C=O) groups excluding carboxylic acids is 3. The van der Waals surface area contributed by atoms with Gasteiger partial charge in [0.05, 0.1) is 17.1 Å². The summed E-state index contributed by atoms with van der Waals surface area (Å²) in [7, 11) is 0. The Morgan fingerprint density at radius 1 is 1.15 bits per heavy atom. The Morgan fingerprint density at radius 3 is 2.35 bits per heavy atom. The van der Waals surface area contributed by atoms with E-state index in [1.165, 1.54) is 0 Å². The predicted molar refractivity (Wildman–Crippen MR) is 70.0 cm³/mol. The molecule has 7 nitrogen and oxygen atoms in total. The smallest absolute Gasteiger partial charge is 0.280 e. The van der Waals surface area contributed by atoms with Crippen molar-refractivity contribution in [3.63, 3.8) is 0 Å². The molecule has 1 aliphatic carbocycles. The molecule has 0 radical (unpaired) electrons. The highest BCUT2D eigenvalue weighted by Gasteiger charge is 2.55. The maximum Gasteiger partial charge on any atom is 0.335 e. The minimum Gasteiger partial charge on any atom is -0.280 e. The first-order chi connectivity index (χ1) is 9.47. The van der Waals surface area contributed by atoms with E-state index in [0.29, 0.717) is 29.9 Å². The van der Waals surface area contributed by atoms with Crippen molar-refractivity contribution in [2.75, 3.05) is 4.90 Å². The number of amides is 4. The summed E-state index contributed by atoms with van der Waals surface area (Å²) in [5.41, 5.74) is 0.567. The van der Waals surface area contributed by atoms with E-state index in [1.807, 2.05) is 0 Å². The van der Waals surface area contributed by atoms with Crippen molar-refractivity contribution >= 4 is 23.5 Å². The van der Waals surface area contributed by atoms with Crippen LogP contribution in [0.15, 0.2) is 0 Å². The van der Waals surface area contributed by atoms with E-state index in [2.05, 4.69) is 15.5 Å². The average Bonchev–Trinajstić information content (AvgIpc) is 2.99. The molecule has 0 bridgehead atoms. The molecule has 1 aliphatic heterocycles. The van der Waals surface area contributed by atoms with Gasteiger partial charge in [0.15, 0.2) is 0 Å². The number of aromatic nitrogens is 2. The van der Waals surface area contributed by atoms with Crippen molar-refractivity contribution in [1.82, 2.24) is 15.5 Å². The van der Waals surface area contributed by atoms with Crippen LogP contribution in [0.1, 0.15) is 37.1 Å². The number of carbonyl (C=O) groups is 3. The maximum absolute atomic E-state index is 12.8. The second kappa shape index (κ2) is 4.16. The second-order valence-electron chi connectivity index (χ2n) is 5.47. The first-order valence-electron chi connectivity index (χ1n) is 6.69. The van der Waals surface area contributed by atoms with Crippen LogP contribution >= 0.6 is 0 Å². The van der Waals surface area contributed by atoms with Gasteiger partial charge in [-0.05, 0) is 26.7 Å². The number of nitrogens with one attached hydrogen (secondary N) is 2. The fourth-order valence-corrected chi connectivity index (χ4v) is 3.17. The highest BCUT2D eigenvalue weighted by atomic mass is 16.2. The molecule has 4 amide bonds. The molecule has 0 unspecified atom stereocenters. The third-order valence-corrected chi connectivity index (χ3v) is 4.24. The molecule has 2 fully saturated rings. The fraction of sp³-hybridized carbons (Fsp3) is 0.538. The number of aryl methyl sites for hydroxylation is 2. The summed E-state index contributed by atoms with van der Waals surface area (Å²) in [5.74, 6) is -0.878. The number of rotatable bonds is 1. The quantitative estimate of drug-likeness (QED) is 0.753. The normalized spacial score (nSPS) is 21.7. The number of anilines is 1. The van der Waals surface area contributed by atoms with Gasteiger partial charge >= 0.3 is 6.03 Å². The molecule has 1 aromatic rings. The van der Waals surface area contributed by atoms with Gasteiger partial charge in [-0.15, -0.1) is 0 Å². The lowest BCUT2D eigenvalue weighted by molar-refractivity contribution is -0.142. The lowest BCUT2D eigenvalue weighted by Gasteiger charge is -2.36. The first kappa shape index (κ1) is 12.8. The van der Waals surface area contributed by atoms with Crippen molar-refractivity contribution in [2.45, 2.75) is 39.5 Å². The zero-order valence-corrected chi connectivity index (χ0v) is 11.4. The summed E-state index contributed by atoms with van der Waals surface area (Å²) in [4.78, 5) is 38.1. The zero-order chi connectivity index (χ0) is 14.5. The molecule has 0 aromatic carbocycles. The maximum atomic E-state index is 12.8. The molecular weight excluding hydrogens is 260 g/mol. The van der Waals surface area contributed by atoms with Crippen molar-refractivity contribution in [3.8, 4) is 0 Å². The van der Waals surface area contributed by atoms with Gasteiger partial charge in [0, 0.05) is 0 Å². The van der Waals surface area contributed by atoms with E-state index in [9.17, 15) is 14.4 Å². The van der Waals surface area contributed by atoms with E-state index >= 15 is 0 Å². The second-order valence-corrected chi connectivity index (χ2v) is 5.47. The number of urea groups is 1. The molecule has 106 valence electrons. The lowest BCUT2D eigenvalue weighted by atomic mass is 9.82. The van der Waals surface area contributed by atoms with Gasteiger partial charge < -0.3 is 0 Å². The van der Waals surface area contributed by atoms with Crippen LogP contribution in [0.3, 0.4) is 0 Å². The molecule has 3 rings (SSSR count). The number of nitrogens with zero attached hydrogens (tertiary/aromatic N) is 2. The number of aromatic amines is 1. The molecule has 1 spiro atoms. The van der Waals surface area contributed by atoms with Gasteiger partial charge in [0.2, 0.25) is 5.91 Å². The van der Waals surface area contributed by atoms with Crippen LogP contribution in [-0.4, -0.2) is 28.0 Å². The Morgan fingerprint density at radius 2 is 1.80 bits per heavy atom. The SMILES string of the molecule is Cc1n[nH]c(C)c1N1C(=O)NC(=O)C2(CCCC2)C1=O. The summed E-state index contributed by atoms with van der Waals surface area (Å²) in [6, 6.07) is -0.690. The fourth-order valence-electron chi connectivity index (χ4n) is 3.17. The number of H-pyrrole nitrogens is 1. The minimum atomic E-state index is -1.08. The van der Waals surface area contributed by atoms with Gasteiger partial charge in [0.1, 0.15) is 5.41 Å². The zero-order valence-electron chi connectivity index (χ0n) is 11.4. The van der Waals surface area contributed by atoms with Crippen LogP contribution < -0.4 is 10.2 Å². The van der Waals surface area contributed by atoms with E-state index in [0.717, 1.165) is 17.7 Å².